The van der Waals surface area contributed by atoms with Gasteiger partial charge >= 0.3 is 0 Å². The first kappa shape index (κ1) is 74.8. The van der Waals surface area contributed by atoms with E-state index in [1.165, 1.54) is 127 Å². The van der Waals surface area contributed by atoms with Crippen LogP contribution in [0, 0.1) is 5.82 Å². The van der Waals surface area contributed by atoms with Gasteiger partial charge < -0.3 is 37.9 Å². The number of hydrogen-bond donors (Lipinski definition) is 0. The van der Waals surface area contributed by atoms with Crippen molar-refractivity contribution in [1.82, 2.24) is 18.3 Å². The highest BCUT2D eigenvalue weighted by molar-refractivity contribution is 6.20. The summed E-state index contributed by atoms with van der Waals surface area (Å²) in [6, 6.07) is 153. The van der Waals surface area contributed by atoms with Crippen molar-refractivity contribution in [1.29, 1.82) is 0 Å². The van der Waals surface area contributed by atoms with Gasteiger partial charge in [0.15, 0.2) is 0 Å². The number of fused-ring (bicyclic) bond motifs is 15. The number of halogens is 1. The largest absolute Gasteiger partial charge is 0.333 e. The van der Waals surface area contributed by atoms with Crippen molar-refractivity contribution in [3.63, 3.8) is 0 Å². The molecule has 0 N–H and O–H groups in total. The molecule has 0 spiro atoms. The number of aromatic nitrogens is 4. The molecule has 6 heterocycles. The molecule has 0 bridgehead atoms. The lowest BCUT2D eigenvalue weighted by atomic mass is 9.76. The number of para-hydroxylation sites is 9. The molecule has 8 nitrogen and oxygen atoms in total. The van der Waals surface area contributed by atoms with E-state index in [0.717, 1.165) is 119 Å². The van der Waals surface area contributed by atoms with E-state index in [9.17, 15) is 4.39 Å². The molecule has 0 radical (unpaired) electrons. The van der Waals surface area contributed by atoms with Crippen molar-refractivity contribution >= 4 is 171 Å². The average Bonchev–Trinajstić information content (AvgIpc) is 1.63. The molecule has 9 heteroatoms. The van der Waals surface area contributed by atoms with Gasteiger partial charge in [-0.2, -0.15) is 0 Å². The van der Waals surface area contributed by atoms with E-state index in [1.807, 2.05) is 12.1 Å². The number of nitrogens with zero attached hydrogens (tertiary/aromatic N) is 8. The molecule has 3 aliphatic rings. The smallest absolute Gasteiger partial charge is 0.123 e. The van der Waals surface area contributed by atoms with Gasteiger partial charge in [0, 0.05) is 133 Å². The summed E-state index contributed by atoms with van der Waals surface area (Å²) in [7, 11) is 0. The molecular formula is C120H83FN8. The molecular weight excluding hydrogens is 1570 g/mol. The van der Waals surface area contributed by atoms with Crippen molar-refractivity contribution in [2.45, 2.75) is 24.8 Å². The number of anilines is 10. The highest BCUT2D eigenvalue weighted by Crippen LogP contribution is 2.57. The van der Waals surface area contributed by atoms with Crippen LogP contribution in [0.3, 0.4) is 0 Å². The SMILES string of the molecule is C=CC1c2ccc(N(c3ccc4c(c3)c3ccccc3n4-c3ccccc3)c3ccc4c(c3)c3ccccc3n4-c3ccc4ccccc4c3)c3c2C(=CCC3)N(c2ccccc2)C1C=C.Fc1ccc(-n2c3ccccc3c3cc(N(c4ccc5c(c4)c4ccccc4n5-c4ccccc4)c4ccc5c6c(cccc46)N(c4ccccc4)c4ccccc4-5)ccc32)cc1. The Kier molecular flexibility index (Phi) is 17.6. The van der Waals surface area contributed by atoms with Gasteiger partial charge in [-0.1, -0.05) is 237 Å². The van der Waals surface area contributed by atoms with Crippen LogP contribution in [0.2, 0.25) is 0 Å². The molecule has 0 saturated heterocycles. The van der Waals surface area contributed by atoms with Crippen LogP contribution in [0.5, 0.6) is 0 Å². The Morgan fingerprint density at radius 3 is 1.22 bits per heavy atom. The van der Waals surface area contributed by atoms with Gasteiger partial charge in [-0.3, -0.25) is 0 Å². The lowest BCUT2D eigenvalue weighted by Gasteiger charge is -2.46. The molecule has 2 unspecified atom stereocenters. The second kappa shape index (κ2) is 30.3. The van der Waals surface area contributed by atoms with Gasteiger partial charge in [0.05, 0.1) is 72.9 Å². The maximum Gasteiger partial charge on any atom is 0.123 e. The second-order valence-corrected chi connectivity index (χ2v) is 33.9. The third kappa shape index (κ3) is 11.9. The number of benzene rings is 19. The Morgan fingerprint density at radius 2 is 0.705 bits per heavy atom. The third-order valence-electron chi connectivity index (χ3n) is 27.1. The minimum Gasteiger partial charge on any atom is -0.333 e. The fourth-order valence-corrected chi connectivity index (χ4v) is 21.6. The zero-order valence-electron chi connectivity index (χ0n) is 70.6. The van der Waals surface area contributed by atoms with Crippen LogP contribution in [0.15, 0.2) is 456 Å². The van der Waals surface area contributed by atoms with Crippen molar-refractivity contribution < 1.29 is 4.39 Å². The summed E-state index contributed by atoms with van der Waals surface area (Å²) in [4.78, 5) is 9.87. The maximum atomic E-state index is 14.2. The molecule has 1 aliphatic carbocycles. The molecule has 0 fully saturated rings. The second-order valence-electron chi connectivity index (χ2n) is 33.9. The number of allylic oxidation sites excluding steroid dienone is 1. The van der Waals surface area contributed by atoms with E-state index >= 15 is 0 Å². The van der Waals surface area contributed by atoms with E-state index in [-0.39, 0.29) is 17.8 Å². The summed E-state index contributed by atoms with van der Waals surface area (Å²) < 4.78 is 23.7. The topological polar surface area (TPSA) is 32.7 Å². The fourth-order valence-electron chi connectivity index (χ4n) is 21.6. The van der Waals surface area contributed by atoms with Crippen LogP contribution in [0.1, 0.15) is 29.0 Å². The van der Waals surface area contributed by atoms with E-state index < -0.39 is 0 Å². The van der Waals surface area contributed by atoms with E-state index in [4.69, 9.17) is 0 Å². The highest BCUT2D eigenvalue weighted by atomic mass is 19.1. The molecule has 4 aromatic heterocycles. The Bertz CT molecular complexity index is 8530. The van der Waals surface area contributed by atoms with Gasteiger partial charge in [-0.05, 0) is 247 Å². The predicted molar refractivity (Wildman–Crippen MR) is 540 cm³/mol. The number of hydrogen-bond acceptors (Lipinski definition) is 4. The van der Waals surface area contributed by atoms with Gasteiger partial charge in [0.2, 0.25) is 0 Å². The standard InChI is InChI=1S/C62H46N4.C58H37FN4/c1-3-48-51-34-37-58(52-26-17-29-61(62(51)52)64(55(48)4-2)43-20-7-5-8-21-43)63(46-32-35-59-53(39-46)49-24-13-15-27-56(49)65(59)44-22-9-6-10-23-44)47-33-36-60-54(40-47)50-25-14-16-28-57(50)66(60)45-31-30-41-18-11-12-19-42(41)38-45;59-38-26-28-41(29-27-38)62-53-24-12-9-20-46(53)50-37-43(31-34-56(50)62)60(42-30-33-55-49(36-42)45-19-8-11-23-52(45)61(55)39-14-3-1-4-15-39)54-35-32-47-44-18-7-10-22-51(44)63(40-16-5-2-6-17-40)57-25-13-21-48(54)58(47)57/h3-16,18-25,27-40,48,55H,1-2,17,26H2;1-37H. The van der Waals surface area contributed by atoms with E-state index in [0.29, 0.717) is 0 Å². The van der Waals surface area contributed by atoms with Gasteiger partial charge in [-0.25, -0.2) is 4.39 Å². The van der Waals surface area contributed by atoms with Crippen molar-refractivity contribution in [2.24, 2.45) is 0 Å². The zero-order valence-corrected chi connectivity index (χ0v) is 70.6. The summed E-state index contributed by atoms with van der Waals surface area (Å²) in [5.74, 6) is -0.190. The molecule has 2 atom stereocenters. The first-order valence-corrected chi connectivity index (χ1v) is 44.4. The normalized spacial score (nSPS) is 13.9. The summed E-state index contributed by atoms with van der Waals surface area (Å²) >= 11 is 0. The van der Waals surface area contributed by atoms with E-state index in [1.54, 1.807) is 0 Å². The number of rotatable bonds is 14. The van der Waals surface area contributed by atoms with Gasteiger partial charge in [0.1, 0.15) is 5.82 Å². The van der Waals surface area contributed by atoms with E-state index in [2.05, 4.69) is 470 Å². The molecule has 19 aromatic carbocycles. The summed E-state index contributed by atoms with van der Waals surface area (Å²) in [6.45, 7) is 8.81. The van der Waals surface area contributed by atoms with Crippen LogP contribution < -0.4 is 19.6 Å². The first-order chi connectivity index (χ1) is 63.9. The first-order valence-electron chi connectivity index (χ1n) is 44.4. The van der Waals surface area contributed by atoms with Crippen molar-refractivity contribution in [3.8, 4) is 33.9 Å². The molecule has 0 saturated carbocycles. The Morgan fingerprint density at radius 1 is 0.295 bits per heavy atom. The Balaban J connectivity index is 0.000000140. The maximum absolute atomic E-state index is 14.2. The zero-order chi connectivity index (χ0) is 85.5. The predicted octanol–water partition coefficient (Wildman–Crippen LogP) is 32.2. The highest BCUT2D eigenvalue weighted by Gasteiger charge is 2.40. The average molecular weight is 1660 g/mol. The quantitative estimate of drug-likeness (QED) is 0.102. The van der Waals surface area contributed by atoms with Gasteiger partial charge in [0.25, 0.3) is 0 Å². The Labute approximate surface area is 745 Å². The Hall–Kier alpha value is -16.8. The molecule has 2 aliphatic heterocycles. The lowest BCUT2D eigenvalue weighted by molar-refractivity contribution is 0.627. The monoisotopic (exact) mass is 1650 g/mol. The molecule has 610 valence electrons. The van der Waals surface area contributed by atoms with Gasteiger partial charge in [-0.15, -0.1) is 13.2 Å². The summed E-state index contributed by atoms with van der Waals surface area (Å²) in [5, 5.41) is 14.3. The van der Waals surface area contributed by atoms with Crippen molar-refractivity contribution in [3.05, 3.63) is 479 Å². The fraction of sp³-hybridized carbons (Fsp3) is 0.0333. The minimum absolute atomic E-state index is 0.0308. The summed E-state index contributed by atoms with van der Waals surface area (Å²) in [6.07, 6.45) is 8.52. The summed E-state index contributed by atoms with van der Waals surface area (Å²) in [5.41, 5.74) is 32.3. The molecule has 23 aromatic rings. The van der Waals surface area contributed by atoms with Crippen LogP contribution in [-0.4, -0.2) is 24.3 Å². The van der Waals surface area contributed by atoms with Crippen LogP contribution >= 0.6 is 0 Å². The minimum atomic E-state index is -0.252. The third-order valence-corrected chi connectivity index (χ3v) is 27.1. The molecule has 26 rings (SSSR count). The lowest BCUT2D eigenvalue weighted by Crippen LogP contribution is -2.42. The van der Waals surface area contributed by atoms with Crippen LogP contribution in [0.25, 0.3) is 148 Å². The van der Waals surface area contributed by atoms with Crippen molar-refractivity contribution in [2.75, 3.05) is 19.6 Å². The molecule has 129 heavy (non-hydrogen) atoms. The molecule has 0 amide bonds. The van der Waals surface area contributed by atoms with Crippen LogP contribution in [-0.2, 0) is 6.42 Å². The van der Waals surface area contributed by atoms with Crippen LogP contribution in [0.4, 0.5) is 61.3 Å².